The number of nitrogens with one attached hydrogen (secondary N) is 2. The van der Waals surface area contributed by atoms with Gasteiger partial charge in [0.2, 0.25) is 0 Å². The van der Waals surface area contributed by atoms with Crippen LogP contribution in [0, 0.1) is 0 Å². The van der Waals surface area contributed by atoms with Crippen LogP contribution in [0.3, 0.4) is 0 Å². The number of rotatable bonds is 6. The zero-order chi connectivity index (χ0) is 24.1. The van der Waals surface area contributed by atoms with Gasteiger partial charge >= 0.3 is 6.18 Å². The van der Waals surface area contributed by atoms with E-state index in [2.05, 4.69) is 39.5 Å². The minimum atomic E-state index is -4.45. The Labute approximate surface area is 195 Å². The summed E-state index contributed by atoms with van der Waals surface area (Å²) in [4.78, 5) is 29.9. The number of hydrogen-bond acceptors (Lipinski definition) is 3. The second-order valence-electron chi connectivity index (χ2n) is 8.57. The molecule has 0 spiro atoms. The number of likely N-dealkylation sites (tertiary alicyclic amines) is 1. The lowest BCUT2D eigenvalue weighted by Gasteiger charge is -2.32. The molecule has 2 N–H and O–H groups in total. The maximum atomic E-state index is 12.9. The molecule has 1 fully saturated rings. The van der Waals surface area contributed by atoms with E-state index in [1.807, 2.05) is 6.07 Å². The Morgan fingerprint density at radius 2 is 1.74 bits per heavy atom. The Morgan fingerprint density at radius 3 is 2.41 bits per heavy atom. The standard InChI is InChI=1S/C26H26F3N3O2/c27-26(28,29)21-8-4-5-18(15-21)16-30-24(33)23-10-9-22(31-25(23)34)17-32-13-11-20(12-14-32)19-6-2-1-3-7-19/h1-10,15,20H,11-14,16-17H2,(H,30,33)(H,31,34). The highest BCUT2D eigenvalue weighted by molar-refractivity contribution is 5.93. The number of pyridine rings is 1. The van der Waals surface area contributed by atoms with E-state index in [-0.39, 0.29) is 12.1 Å². The molecule has 1 aliphatic heterocycles. The van der Waals surface area contributed by atoms with E-state index >= 15 is 0 Å². The molecule has 0 unspecified atom stereocenters. The third-order valence-electron chi connectivity index (χ3n) is 6.17. The number of aromatic nitrogens is 1. The summed E-state index contributed by atoms with van der Waals surface area (Å²) in [5.74, 6) is -0.0896. The molecule has 0 saturated carbocycles. The number of carbonyl (C=O) groups excluding carboxylic acids is 1. The summed E-state index contributed by atoms with van der Waals surface area (Å²) in [5, 5.41) is 2.52. The fourth-order valence-electron chi connectivity index (χ4n) is 4.31. The van der Waals surface area contributed by atoms with E-state index in [9.17, 15) is 22.8 Å². The van der Waals surface area contributed by atoms with Crippen molar-refractivity contribution in [1.82, 2.24) is 15.2 Å². The van der Waals surface area contributed by atoms with Crippen LogP contribution in [0.4, 0.5) is 13.2 Å². The second-order valence-corrected chi connectivity index (χ2v) is 8.57. The van der Waals surface area contributed by atoms with Gasteiger partial charge < -0.3 is 10.3 Å². The molecule has 178 valence electrons. The van der Waals surface area contributed by atoms with Crippen LogP contribution in [0.5, 0.6) is 0 Å². The maximum Gasteiger partial charge on any atom is 0.416 e. The summed E-state index contributed by atoms with van der Waals surface area (Å²) in [6.45, 7) is 2.31. The Bertz CT molecular complexity index is 1180. The van der Waals surface area contributed by atoms with Crippen LogP contribution in [0.25, 0.3) is 0 Å². The van der Waals surface area contributed by atoms with Gasteiger partial charge in [-0.25, -0.2) is 0 Å². The highest BCUT2D eigenvalue weighted by Gasteiger charge is 2.30. The number of halogens is 3. The van der Waals surface area contributed by atoms with Gasteiger partial charge in [0.1, 0.15) is 5.56 Å². The lowest BCUT2D eigenvalue weighted by atomic mass is 9.89. The Kier molecular flexibility index (Phi) is 7.17. The quantitative estimate of drug-likeness (QED) is 0.550. The molecule has 8 heteroatoms. The predicted molar refractivity (Wildman–Crippen MR) is 123 cm³/mol. The Morgan fingerprint density at radius 1 is 1.00 bits per heavy atom. The van der Waals surface area contributed by atoms with Gasteiger partial charge in [-0.1, -0.05) is 42.5 Å². The Hall–Kier alpha value is -3.39. The van der Waals surface area contributed by atoms with Crippen molar-refractivity contribution in [2.45, 2.75) is 38.0 Å². The first-order valence-corrected chi connectivity index (χ1v) is 11.2. The number of aromatic amines is 1. The first-order valence-electron chi connectivity index (χ1n) is 11.2. The van der Waals surface area contributed by atoms with Crippen molar-refractivity contribution in [3.8, 4) is 0 Å². The maximum absolute atomic E-state index is 12.9. The molecule has 0 bridgehead atoms. The number of hydrogen-bond donors (Lipinski definition) is 2. The number of piperidine rings is 1. The zero-order valence-electron chi connectivity index (χ0n) is 18.6. The summed E-state index contributed by atoms with van der Waals surface area (Å²) in [6, 6.07) is 18.4. The average Bonchev–Trinajstić information content (AvgIpc) is 2.83. The van der Waals surface area contributed by atoms with Crippen molar-refractivity contribution in [2.75, 3.05) is 13.1 Å². The van der Waals surface area contributed by atoms with Gasteiger partial charge in [0.15, 0.2) is 0 Å². The van der Waals surface area contributed by atoms with Crippen molar-refractivity contribution >= 4 is 5.91 Å². The molecule has 1 aliphatic rings. The van der Waals surface area contributed by atoms with Gasteiger partial charge in [0, 0.05) is 18.8 Å². The van der Waals surface area contributed by atoms with E-state index in [1.165, 1.54) is 23.8 Å². The first kappa shape index (κ1) is 23.8. The molecule has 2 aromatic carbocycles. The van der Waals surface area contributed by atoms with Gasteiger partial charge in [-0.05, 0) is 67.2 Å². The minimum Gasteiger partial charge on any atom is -0.348 e. The molecule has 1 amide bonds. The summed E-state index contributed by atoms with van der Waals surface area (Å²) >= 11 is 0. The minimum absolute atomic E-state index is 0.0708. The number of H-pyrrole nitrogens is 1. The van der Waals surface area contributed by atoms with Crippen LogP contribution in [0.2, 0.25) is 0 Å². The van der Waals surface area contributed by atoms with Gasteiger partial charge in [0.25, 0.3) is 11.5 Å². The van der Waals surface area contributed by atoms with Crippen molar-refractivity contribution in [3.05, 3.63) is 105 Å². The molecule has 1 aromatic heterocycles. The van der Waals surface area contributed by atoms with E-state index in [1.54, 1.807) is 6.07 Å². The molecule has 1 saturated heterocycles. The molecular weight excluding hydrogens is 443 g/mol. The zero-order valence-corrected chi connectivity index (χ0v) is 18.6. The largest absolute Gasteiger partial charge is 0.416 e. The van der Waals surface area contributed by atoms with Gasteiger partial charge in [-0.15, -0.1) is 0 Å². The molecule has 34 heavy (non-hydrogen) atoms. The van der Waals surface area contributed by atoms with Crippen molar-refractivity contribution in [2.24, 2.45) is 0 Å². The number of benzene rings is 2. The third kappa shape index (κ3) is 5.94. The van der Waals surface area contributed by atoms with Crippen LogP contribution in [-0.4, -0.2) is 28.9 Å². The van der Waals surface area contributed by atoms with Gasteiger partial charge in [-0.2, -0.15) is 13.2 Å². The third-order valence-corrected chi connectivity index (χ3v) is 6.17. The van der Waals surface area contributed by atoms with E-state index < -0.39 is 23.2 Å². The predicted octanol–water partition coefficient (Wildman–Crippen LogP) is 4.70. The summed E-state index contributed by atoms with van der Waals surface area (Å²) in [6.07, 6.45) is -2.36. The normalized spacial score (nSPS) is 15.3. The van der Waals surface area contributed by atoms with Crippen LogP contribution in [-0.2, 0) is 19.3 Å². The highest BCUT2D eigenvalue weighted by atomic mass is 19.4. The van der Waals surface area contributed by atoms with E-state index in [0.717, 1.165) is 43.8 Å². The van der Waals surface area contributed by atoms with Crippen molar-refractivity contribution in [3.63, 3.8) is 0 Å². The second kappa shape index (κ2) is 10.3. The SMILES string of the molecule is O=C(NCc1cccc(C(F)(F)F)c1)c1ccc(CN2CCC(c3ccccc3)CC2)[nH]c1=O. The lowest BCUT2D eigenvalue weighted by Crippen LogP contribution is -2.34. The average molecular weight is 470 g/mol. The molecule has 5 nitrogen and oxygen atoms in total. The highest BCUT2D eigenvalue weighted by Crippen LogP contribution is 2.30. The van der Waals surface area contributed by atoms with Crippen LogP contribution >= 0.6 is 0 Å². The molecule has 0 atom stereocenters. The molecule has 0 radical (unpaired) electrons. The fraction of sp³-hybridized carbons (Fsp3) is 0.308. The van der Waals surface area contributed by atoms with Crippen LogP contribution in [0.15, 0.2) is 71.5 Å². The lowest BCUT2D eigenvalue weighted by molar-refractivity contribution is -0.137. The summed E-state index contributed by atoms with van der Waals surface area (Å²) < 4.78 is 38.6. The molecular formula is C26H26F3N3O2. The van der Waals surface area contributed by atoms with Gasteiger partial charge in [-0.3, -0.25) is 14.5 Å². The van der Waals surface area contributed by atoms with E-state index in [0.29, 0.717) is 18.0 Å². The fourth-order valence-corrected chi connectivity index (χ4v) is 4.31. The molecule has 0 aliphatic carbocycles. The summed E-state index contributed by atoms with van der Waals surface area (Å²) in [7, 11) is 0. The molecule has 4 rings (SSSR count). The number of nitrogens with zero attached hydrogens (tertiary/aromatic N) is 1. The molecule has 3 aromatic rings. The summed E-state index contributed by atoms with van der Waals surface area (Å²) in [5.41, 5.74) is 1.01. The van der Waals surface area contributed by atoms with Crippen molar-refractivity contribution in [1.29, 1.82) is 0 Å². The smallest absolute Gasteiger partial charge is 0.348 e. The Balaban J connectivity index is 1.32. The van der Waals surface area contributed by atoms with Gasteiger partial charge in [0.05, 0.1) is 5.56 Å². The molecule has 2 heterocycles. The first-order chi connectivity index (χ1) is 16.3. The number of amides is 1. The van der Waals surface area contributed by atoms with Crippen molar-refractivity contribution < 1.29 is 18.0 Å². The topological polar surface area (TPSA) is 65.2 Å². The number of alkyl halides is 3. The van der Waals surface area contributed by atoms with Crippen LogP contribution < -0.4 is 10.9 Å². The number of carbonyl (C=O) groups is 1. The van der Waals surface area contributed by atoms with E-state index in [4.69, 9.17) is 0 Å². The van der Waals surface area contributed by atoms with Crippen LogP contribution in [0.1, 0.15) is 51.5 Å². The monoisotopic (exact) mass is 469 g/mol.